The normalized spacial score (nSPS) is 12.6. The maximum atomic E-state index is 12.6. The van der Waals surface area contributed by atoms with Crippen LogP contribution in [0, 0.1) is 22.0 Å². The van der Waals surface area contributed by atoms with Gasteiger partial charge < -0.3 is 43.3 Å². The molecular weight excluding hydrogens is 1310 g/mol. The number of likely N-dealkylation sites (N-methyl/N-ethyl adjacent to an activating group) is 2. The molecule has 1 aromatic rings. The molecule has 1 N–H and O–H groups in total. The zero-order valence-corrected chi connectivity index (χ0v) is 70.0. The first kappa shape index (κ1) is 102. The minimum atomic E-state index is -0.769. The number of hydrogen-bond donors (Lipinski definition) is 1. The van der Waals surface area contributed by atoms with Gasteiger partial charge in [0.15, 0.2) is 0 Å². The molecule has 0 saturated heterocycles. The number of carbonyl (C=O) groups excluding carboxylic acids is 4. The van der Waals surface area contributed by atoms with E-state index in [2.05, 4.69) is 117 Å². The molecule has 0 aromatic heterocycles. The van der Waals surface area contributed by atoms with Crippen molar-refractivity contribution in [1.29, 1.82) is 0 Å². The van der Waals surface area contributed by atoms with Crippen LogP contribution in [0.25, 0.3) is 0 Å². The third-order valence-electron chi connectivity index (χ3n) is 20.3. The molecule has 18 nitrogen and oxygen atoms in total. The number of ether oxygens (including phenoxy) is 6. The summed E-state index contributed by atoms with van der Waals surface area (Å²) in [7, 11) is 0. The topological polar surface area (TPSA) is 200 Å². The molecule has 0 spiro atoms. The second kappa shape index (κ2) is 74.4. The van der Waals surface area contributed by atoms with Crippen molar-refractivity contribution in [2.45, 2.75) is 391 Å². The fourth-order valence-corrected chi connectivity index (χ4v) is 13.0. The number of rotatable bonds is 69. The molecule has 4 atom stereocenters. The van der Waals surface area contributed by atoms with E-state index in [-0.39, 0.29) is 42.2 Å². The lowest BCUT2D eigenvalue weighted by atomic mass is 9.96. The Morgan fingerprint density at radius 1 is 0.394 bits per heavy atom. The van der Waals surface area contributed by atoms with Gasteiger partial charge >= 0.3 is 24.2 Å². The number of nitro benzene ring substituents is 1. The molecule has 1 aromatic carbocycles. The van der Waals surface area contributed by atoms with Crippen molar-refractivity contribution in [3.63, 3.8) is 0 Å². The van der Waals surface area contributed by atoms with Crippen LogP contribution >= 0.6 is 0 Å². The Kier molecular flexibility index (Phi) is 72.9. The molecule has 0 aliphatic rings. The molecule has 4 unspecified atom stereocenters. The van der Waals surface area contributed by atoms with E-state index in [0.717, 1.165) is 207 Å². The van der Waals surface area contributed by atoms with Crippen molar-refractivity contribution in [2.75, 3.05) is 91.9 Å². The molecule has 0 radical (unpaired) electrons. The van der Waals surface area contributed by atoms with Gasteiger partial charge in [0, 0.05) is 76.3 Å². The van der Waals surface area contributed by atoms with Crippen LogP contribution in [0.15, 0.2) is 24.3 Å². The van der Waals surface area contributed by atoms with E-state index in [9.17, 15) is 29.3 Å². The Balaban J connectivity index is 0. The Hall–Kier alpha value is -4.10. The largest absolute Gasteiger partial charge is 0.514 e. The highest BCUT2D eigenvalue weighted by Crippen LogP contribution is 2.24. The maximum absolute atomic E-state index is 12.6. The van der Waals surface area contributed by atoms with Crippen molar-refractivity contribution >= 4 is 29.9 Å². The monoisotopic (exact) mass is 1480 g/mol. The highest BCUT2D eigenvalue weighted by atomic mass is 16.7. The van der Waals surface area contributed by atoms with Gasteiger partial charge in [-0.25, -0.2) is 9.59 Å². The lowest BCUT2D eigenvalue weighted by Crippen LogP contribution is -2.40. The van der Waals surface area contributed by atoms with Gasteiger partial charge in [0.25, 0.3) is 5.69 Å². The van der Waals surface area contributed by atoms with Crippen LogP contribution in [0.3, 0.4) is 0 Å². The minimum absolute atomic E-state index is 0.0217. The zero-order chi connectivity index (χ0) is 77.5. The van der Waals surface area contributed by atoms with E-state index in [1.54, 1.807) is 0 Å². The molecule has 104 heavy (non-hydrogen) atoms. The summed E-state index contributed by atoms with van der Waals surface area (Å²) in [4.78, 5) is 69.5. The highest BCUT2D eigenvalue weighted by molar-refractivity contribution is 5.69. The average molecular weight is 1480 g/mol. The number of benzene rings is 1. The summed E-state index contributed by atoms with van der Waals surface area (Å²) in [5, 5.41) is 19.7. The van der Waals surface area contributed by atoms with Crippen molar-refractivity contribution < 1.29 is 57.6 Å². The van der Waals surface area contributed by atoms with E-state index in [4.69, 9.17) is 33.5 Å². The number of non-ortho nitro benzene ring substituents is 1. The standard InChI is InChI=1S/C40H80N2O5.C35H59NO7.C11H26N2O/c1-8-13-16-22-27-37(26-15-10-3)35-46-39(43)30-25-21-19-18-20-24-29-38(28-23-17-14-9-2)47-40(44)45-34-33-42(36(6)7)32-31-41(11-4)12-5;1-4-7-10-16-21-30(20-9-6-3)29-41-34(37)24-19-15-13-12-14-18-23-32(22-17-11-8-5-2)42-35(38)43-33-27-25-31(26-28-33)36(39)40;1-5-12(6-2)7-8-13(9-10-14)11(3)4/h36-38H,8-35H2,1-7H3;25-28,30,32H,4-24,29H2,1-3H3;11,14H,5-10H2,1-4H3. The lowest BCUT2D eigenvalue weighted by Gasteiger charge is -2.29. The summed E-state index contributed by atoms with van der Waals surface area (Å²) in [5.41, 5.74) is -0.0612. The van der Waals surface area contributed by atoms with Crippen LogP contribution in [-0.2, 0) is 33.3 Å². The average Bonchev–Trinajstić information content (AvgIpc) is 0.897. The van der Waals surface area contributed by atoms with E-state index >= 15 is 0 Å². The van der Waals surface area contributed by atoms with Gasteiger partial charge in [0.1, 0.15) is 24.6 Å². The number of unbranched alkanes of at least 4 members (excludes halogenated alkanes) is 24. The second-order valence-electron chi connectivity index (χ2n) is 29.8. The SMILES string of the molecule is CCCCCCC(CCCC)COC(=O)CCCCCCCCC(CCCCCC)OC(=O)OCCN(CCN(CC)CC)C(C)C.CCCCCCC(CCCC)COC(=O)CCCCCCCCC(CCCCCC)OC(=O)Oc1ccc([N+](=O)[O-])cc1.CCN(CC)CCN(CCO)C(C)C. The summed E-state index contributed by atoms with van der Waals surface area (Å²) < 4.78 is 33.6. The smallest absolute Gasteiger partial charge is 0.465 e. The molecule has 0 aliphatic heterocycles. The number of aliphatic hydroxyl groups is 1. The Labute approximate surface area is 638 Å². The van der Waals surface area contributed by atoms with E-state index < -0.39 is 17.2 Å². The van der Waals surface area contributed by atoms with Crippen LogP contribution in [0.2, 0.25) is 0 Å². The molecule has 0 heterocycles. The lowest BCUT2D eigenvalue weighted by molar-refractivity contribution is -0.384. The number of hydrogen-bond acceptors (Lipinski definition) is 17. The van der Waals surface area contributed by atoms with Crippen LogP contribution < -0.4 is 4.74 Å². The fraction of sp³-hybridized carbons (Fsp3) is 0.884. The van der Waals surface area contributed by atoms with Gasteiger partial charge in [-0.15, -0.1) is 0 Å². The first-order valence-electron chi connectivity index (χ1n) is 43.2. The maximum Gasteiger partial charge on any atom is 0.514 e. The number of nitro groups is 1. The summed E-state index contributed by atoms with van der Waals surface area (Å²) in [6.07, 6.45) is 44.1. The van der Waals surface area contributed by atoms with Crippen molar-refractivity contribution in [3.8, 4) is 5.75 Å². The van der Waals surface area contributed by atoms with Gasteiger partial charge in [-0.3, -0.25) is 29.5 Å². The van der Waals surface area contributed by atoms with E-state index in [1.165, 1.54) is 140 Å². The van der Waals surface area contributed by atoms with Gasteiger partial charge in [-0.05, 0) is 168 Å². The summed E-state index contributed by atoms with van der Waals surface area (Å²) in [5.74, 6) is 1.18. The summed E-state index contributed by atoms with van der Waals surface area (Å²) >= 11 is 0. The third kappa shape index (κ3) is 62.9. The first-order valence-corrected chi connectivity index (χ1v) is 43.2. The Morgan fingerprint density at radius 3 is 1.07 bits per heavy atom. The van der Waals surface area contributed by atoms with E-state index in [0.29, 0.717) is 56.6 Å². The molecule has 18 heteroatoms. The minimum Gasteiger partial charge on any atom is -0.465 e. The van der Waals surface area contributed by atoms with Crippen LogP contribution in [-0.4, -0.2) is 170 Å². The summed E-state index contributed by atoms with van der Waals surface area (Å²) in [6, 6.07) is 6.33. The van der Waals surface area contributed by atoms with Gasteiger partial charge in [-0.1, -0.05) is 236 Å². The van der Waals surface area contributed by atoms with Crippen molar-refractivity contribution in [1.82, 2.24) is 19.6 Å². The van der Waals surface area contributed by atoms with Crippen molar-refractivity contribution in [2.24, 2.45) is 11.8 Å². The van der Waals surface area contributed by atoms with Crippen LogP contribution in [0.1, 0.15) is 367 Å². The number of aliphatic hydroxyl groups excluding tert-OH is 1. The molecule has 0 amide bonds. The number of carbonyl (C=O) groups is 4. The molecule has 0 bridgehead atoms. The van der Waals surface area contributed by atoms with Crippen molar-refractivity contribution in [3.05, 3.63) is 34.4 Å². The quantitative estimate of drug-likeness (QED) is 0.0161. The molecule has 0 saturated carbocycles. The van der Waals surface area contributed by atoms with Gasteiger partial charge in [0.05, 0.1) is 24.7 Å². The Bertz CT molecular complexity index is 2080. The van der Waals surface area contributed by atoms with Gasteiger partial charge in [0.2, 0.25) is 0 Å². The predicted molar refractivity (Wildman–Crippen MR) is 433 cm³/mol. The van der Waals surface area contributed by atoms with Crippen LogP contribution in [0.4, 0.5) is 15.3 Å². The summed E-state index contributed by atoms with van der Waals surface area (Å²) in [6.45, 7) is 42.6. The number of esters is 2. The number of nitrogens with zero attached hydrogens (tertiary/aromatic N) is 5. The fourth-order valence-electron chi connectivity index (χ4n) is 13.0. The van der Waals surface area contributed by atoms with Crippen LogP contribution in [0.5, 0.6) is 5.75 Å². The highest BCUT2D eigenvalue weighted by Gasteiger charge is 2.21. The molecule has 0 fully saturated rings. The zero-order valence-electron chi connectivity index (χ0n) is 70.0. The molecule has 0 aliphatic carbocycles. The first-order chi connectivity index (χ1) is 50.3. The Morgan fingerprint density at radius 2 is 0.721 bits per heavy atom. The molecule has 1 rings (SSSR count). The molecular formula is C86H165N5O13. The van der Waals surface area contributed by atoms with Gasteiger partial charge in [-0.2, -0.15) is 0 Å². The predicted octanol–water partition coefficient (Wildman–Crippen LogP) is 22.9. The molecule has 612 valence electrons. The second-order valence-corrected chi connectivity index (χ2v) is 29.8. The third-order valence-corrected chi connectivity index (χ3v) is 20.3. The van der Waals surface area contributed by atoms with E-state index in [1.807, 2.05) is 0 Å².